The van der Waals surface area contributed by atoms with E-state index in [4.69, 9.17) is 9.73 Å². The van der Waals surface area contributed by atoms with Crippen molar-refractivity contribution in [1.82, 2.24) is 0 Å². The highest BCUT2D eigenvalue weighted by molar-refractivity contribution is 7.99. The van der Waals surface area contributed by atoms with Crippen LogP contribution in [-0.4, -0.2) is 29.9 Å². The molecule has 120 valence electrons. The van der Waals surface area contributed by atoms with Crippen molar-refractivity contribution in [1.29, 1.82) is 0 Å². The Kier molecular flexibility index (Phi) is 6.88. The quantitative estimate of drug-likeness (QED) is 0.566. The molecule has 0 aromatic heterocycles. The van der Waals surface area contributed by atoms with Crippen LogP contribution in [0, 0.1) is 0 Å². The van der Waals surface area contributed by atoms with Crippen LogP contribution < -0.4 is 0 Å². The van der Waals surface area contributed by atoms with Gasteiger partial charge in [-0.05, 0) is 5.75 Å². The number of esters is 1. The Balaban J connectivity index is 2.40. The molecule has 0 N–H and O–H groups in total. The topological polar surface area (TPSA) is 38.7 Å². The number of rotatable bonds is 7. The molecule has 2 aromatic carbocycles. The van der Waals surface area contributed by atoms with Crippen LogP contribution >= 0.6 is 11.8 Å². The molecule has 1 unspecified atom stereocenters. The second-order valence-electron chi connectivity index (χ2n) is 4.90. The molecule has 0 aliphatic rings. The summed E-state index contributed by atoms with van der Waals surface area (Å²) < 4.78 is 4.80. The smallest absolute Gasteiger partial charge is 0.308 e. The molecule has 0 radical (unpaired) electrons. The highest BCUT2D eigenvalue weighted by Crippen LogP contribution is 2.20. The van der Waals surface area contributed by atoms with E-state index in [0.29, 0.717) is 0 Å². The van der Waals surface area contributed by atoms with Gasteiger partial charge in [-0.1, -0.05) is 67.6 Å². The molecular formula is C19H21NO2S. The highest BCUT2D eigenvalue weighted by atomic mass is 32.2. The fourth-order valence-electron chi connectivity index (χ4n) is 2.21. The number of carbonyl (C=O) groups is 1. The Bertz CT molecular complexity index is 599. The lowest BCUT2D eigenvalue weighted by atomic mass is 10.0. The summed E-state index contributed by atoms with van der Waals surface area (Å²) in [4.78, 5) is 16.5. The first-order valence-electron chi connectivity index (χ1n) is 7.61. The van der Waals surface area contributed by atoms with E-state index in [1.54, 1.807) is 11.8 Å². The Hall–Kier alpha value is -2.07. The van der Waals surface area contributed by atoms with Gasteiger partial charge < -0.3 is 4.74 Å². The zero-order valence-corrected chi connectivity index (χ0v) is 14.3. The molecular weight excluding hydrogens is 306 g/mol. The molecule has 1 atom stereocenters. The fourth-order valence-corrected chi connectivity index (χ4v) is 3.03. The standard InChI is InChI=1S/C19H21NO2S/c1-3-23-17(14-18(21)22-2)20-19(15-10-6-4-7-11-15)16-12-8-5-9-13-16/h4-13,17H,3,14H2,1-2H3. The molecule has 0 aliphatic carbocycles. The molecule has 2 aromatic rings. The number of thioether (sulfide) groups is 1. The average Bonchev–Trinajstić information content (AvgIpc) is 2.61. The lowest BCUT2D eigenvalue weighted by Gasteiger charge is -2.14. The normalized spacial score (nSPS) is 11.6. The number of ether oxygens (including phenoxy) is 1. The van der Waals surface area contributed by atoms with E-state index in [0.717, 1.165) is 22.6 Å². The number of methoxy groups -OCH3 is 1. The van der Waals surface area contributed by atoms with Crippen molar-refractivity contribution < 1.29 is 9.53 Å². The van der Waals surface area contributed by atoms with E-state index >= 15 is 0 Å². The van der Waals surface area contributed by atoms with Crippen molar-refractivity contribution in [3.05, 3.63) is 71.8 Å². The molecule has 2 rings (SSSR count). The van der Waals surface area contributed by atoms with Crippen molar-refractivity contribution in [3.63, 3.8) is 0 Å². The molecule has 23 heavy (non-hydrogen) atoms. The first-order chi connectivity index (χ1) is 11.2. The molecule has 0 amide bonds. The Morgan fingerprint density at radius 2 is 1.57 bits per heavy atom. The van der Waals surface area contributed by atoms with Crippen LogP contribution in [0.15, 0.2) is 65.7 Å². The number of aliphatic imine (C=N–C) groups is 1. The van der Waals surface area contributed by atoms with Gasteiger partial charge in [-0.15, -0.1) is 11.8 Å². The van der Waals surface area contributed by atoms with E-state index < -0.39 is 0 Å². The minimum absolute atomic E-state index is 0.150. The Labute approximate surface area is 141 Å². The molecule has 4 heteroatoms. The summed E-state index contributed by atoms with van der Waals surface area (Å²) in [6, 6.07) is 20.1. The van der Waals surface area contributed by atoms with Gasteiger partial charge in [0.2, 0.25) is 0 Å². The SMILES string of the molecule is CCSC(CC(=O)OC)N=C(c1ccccc1)c1ccccc1. The van der Waals surface area contributed by atoms with E-state index in [9.17, 15) is 4.79 Å². The van der Waals surface area contributed by atoms with Gasteiger partial charge in [0.25, 0.3) is 0 Å². The summed E-state index contributed by atoms with van der Waals surface area (Å²) in [5, 5.41) is -0.150. The van der Waals surface area contributed by atoms with Gasteiger partial charge in [-0.3, -0.25) is 9.79 Å². The van der Waals surface area contributed by atoms with Crippen molar-refractivity contribution in [2.75, 3.05) is 12.9 Å². The highest BCUT2D eigenvalue weighted by Gasteiger charge is 2.16. The van der Waals surface area contributed by atoms with Gasteiger partial charge in [0.15, 0.2) is 0 Å². The first-order valence-corrected chi connectivity index (χ1v) is 8.66. The molecule has 0 saturated carbocycles. The monoisotopic (exact) mass is 327 g/mol. The van der Waals surface area contributed by atoms with E-state index in [1.165, 1.54) is 7.11 Å². The molecule has 0 heterocycles. The minimum Gasteiger partial charge on any atom is -0.469 e. The molecule has 0 spiro atoms. The third kappa shape index (κ3) is 5.25. The second-order valence-corrected chi connectivity index (χ2v) is 6.35. The van der Waals surface area contributed by atoms with Gasteiger partial charge in [-0.25, -0.2) is 0 Å². The van der Waals surface area contributed by atoms with E-state index in [2.05, 4.69) is 6.92 Å². The first kappa shape index (κ1) is 17.3. The molecule has 0 aliphatic heterocycles. The van der Waals surface area contributed by atoms with Crippen molar-refractivity contribution >= 4 is 23.4 Å². The van der Waals surface area contributed by atoms with Gasteiger partial charge in [0.05, 0.1) is 19.2 Å². The van der Waals surface area contributed by atoms with Gasteiger partial charge >= 0.3 is 5.97 Å². The summed E-state index contributed by atoms with van der Waals surface area (Å²) in [6.45, 7) is 2.06. The number of hydrogen-bond acceptors (Lipinski definition) is 4. The third-order valence-corrected chi connectivity index (χ3v) is 4.29. The zero-order valence-electron chi connectivity index (χ0n) is 13.4. The van der Waals surface area contributed by atoms with Crippen LogP contribution in [0.4, 0.5) is 0 Å². The van der Waals surface area contributed by atoms with Crippen LogP contribution in [0.2, 0.25) is 0 Å². The third-order valence-electron chi connectivity index (χ3n) is 3.30. The van der Waals surface area contributed by atoms with Gasteiger partial charge in [0, 0.05) is 11.1 Å². The Morgan fingerprint density at radius 3 is 2.00 bits per heavy atom. The number of benzene rings is 2. The number of nitrogens with zero attached hydrogens (tertiary/aromatic N) is 1. The summed E-state index contributed by atoms with van der Waals surface area (Å²) >= 11 is 1.65. The van der Waals surface area contributed by atoms with E-state index in [1.807, 2.05) is 60.7 Å². The van der Waals surface area contributed by atoms with Crippen molar-refractivity contribution in [2.24, 2.45) is 4.99 Å². The maximum Gasteiger partial charge on any atom is 0.308 e. The van der Waals surface area contributed by atoms with Crippen LogP contribution in [0.1, 0.15) is 24.5 Å². The van der Waals surface area contributed by atoms with Crippen molar-refractivity contribution in [2.45, 2.75) is 18.7 Å². The van der Waals surface area contributed by atoms with E-state index in [-0.39, 0.29) is 17.8 Å². The molecule has 0 fully saturated rings. The largest absolute Gasteiger partial charge is 0.469 e. The zero-order chi connectivity index (χ0) is 16.5. The minimum atomic E-state index is -0.236. The maximum atomic E-state index is 11.6. The summed E-state index contributed by atoms with van der Waals surface area (Å²) in [5.41, 5.74) is 3.00. The average molecular weight is 327 g/mol. The summed E-state index contributed by atoms with van der Waals surface area (Å²) in [7, 11) is 1.41. The number of hydrogen-bond donors (Lipinski definition) is 0. The summed E-state index contributed by atoms with van der Waals surface area (Å²) in [6.07, 6.45) is 0.276. The predicted molar refractivity (Wildman–Crippen MR) is 97.1 cm³/mol. The second kappa shape index (κ2) is 9.16. The van der Waals surface area contributed by atoms with Crippen LogP contribution in [-0.2, 0) is 9.53 Å². The molecule has 3 nitrogen and oxygen atoms in total. The number of carbonyl (C=O) groups excluding carboxylic acids is 1. The van der Waals surface area contributed by atoms with Gasteiger partial charge in [-0.2, -0.15) is 0 Å². The summed E-state index contributed by atoms with van der Waals surface area (Å²) in [5.74, 6) is 0.655. The molecule has 0 bridgehead atoms. The van der Waals surface area contributed by atoms with Gasteiger partial charge in [0.1, 0.15) is 5.37 Å². The molecule has 0 saturated heterocycles. The Morgan fingerprint density at radius 1 is 1.04 bits per heavy atom. The van der Waals surface area contributed by atoms with Crippen LogP contribution in [0.3, 0.4) is 0 Å². The lowest BCUT2D eigenvalue weighted by Crippen LogP contribution is -2.14. The lowest BCUT2D eigenvalue weighted by molar-refractivity contribution is -0.140. The van der Waals surface area contributed by atoms with Crippen LogP contribution in [0.25, 0.3) is 0 Å². The van der Waals surface area contributed by atoms with Crippen molar-refractivity contribution in [3.8, 4) is 0 Å². The fraction of sp³-hybridized carbons (Fsp3) is 0.263. The maximum absolute atomic E-state index is 11.6. The predicted octanol–water partition coefficient (Wildman–Crippen LogP) is 4.17. The van der Waals surface area contributed by atoms with Crippen LogP contribution in [0.5, 0.6) is 0 Å².